The topological polar surface area (TPSA) is 46.5 Å². The average molecular weight is 170 g/mol. The maximum Gasteiger partial charge on any atom is 0.331 e. The van der Waals surface area contributed by atoms with Gasteiger partial charge in [-0.25, -0.2) is 4.79 Å². The monoisotopic (exact) mass is 170 g/mol. The summed E-state index contributed by atoms with van der Waals surface area (Å²) in [7, 11) is 0. The molecule has 1 fully saturated rings. The SMILES string of the molecule is CC/C(=C\C1CCCO1)C(=O)O. The second-order valence-electron chi connectivity index (χ2n) is 2.90. The number of carboxylic acids is 1. The summed E-state index contributed by atoms with van der Waals surface area (Å²) in [6, 6.07) is 0. The average Bonchev–Trinajstić information content (AvgIpc) is 2.51. The predicted octanol–water partition coefficient (Wildman–Crippen LogP) is 1.59. The van der Waals surface area contributed by atoms with Gasteiger partial charge in [0.05, 0.1) is 6.10 Å². The molecule has 0 aliphatic carbocycles. The highest BCUT2D eigenvalue weighted by molar-refractivity contribution is 5.86. The molecule has 1 rings (SSSR count). The van der Waals surface area contributed by atoms with Gasteiger partial charge < -0.3 is 9.84 Å². The summed E-state index contributed by atoms with van der Waals surface area (Å²) in [6.45, 7) is 2.60. The Labute approximate surface area is 72.0 Å². The van der Waals surface area contributed by atoms with E-state index in [9.17, 15) is 4.79 Å². The molecular weight excluding hydrogens is 156 g/mol. The van der Waals surface area contributed by atoms with Crippen molar-refractivity contribution < 1.29 is 14.6 Å². The van der Waals surface area contributed by atoms with Crippen LogP contribution in [-0.2, 0) is 9.53 Å². The summed E-state index contributed by atoms with van der Waals surface area (Å²) in [5.41, 5.74) is 0.460. The van der Waals surface area contributed by atoms with E-state index >= 15 is 0 Å². The van der Waals surface area contributed by atoms with E-state index in [1.807, 2.05) is 6.92 Å². The molecule has 3 nitrogen and oxygen atoms in total. The zero-order valence-electron chi connectivity index (χ0n) is 7.25. The Morgan fingerprint density at radius 2 is 2.50 bits per heavy atom. The van der Waals surface area contributed by atoms with Crippen LogP contribution in [0.5, 0.6) is 0 Å². The van der Waals surface area contributed by atoms with E-state index in [1.165, 1.54) is 0 Å². The molecule has 1 atom stereocenters. The van der Waals surface area contributed by atoms with Gasteiger partial charge in [0.25, 0.3) is 0 Å². The lowest BCUT2D eigenvalue weighted by Gasteiger charge is -2.04. The van der Waals surface area contributed by atoms with Crippen LogP contribution in [0.2, 0.25) is 0 Å². The van der Waals surface area contributed by atoms with Gasteiger partial charge in [0.15, 0.2) is 0 Å². The smallest absolute Gasteiger partial charge is 0.331 e. The van der Waals surface area contributed by atoms with Crippen molar-refractivity contribution in [3.05, 3.63) is 11.6 Å². The molecule has 0 saturated carbocycles. The molecule has 1 aliphatic rings. The van der Waals surface area contributed by atoms with Gasteiger partial charge in [-0.05, 0) is 25.3 Å². The molecule has 0 aromatic carbocycles. The molecule has 0 aromatic heterocycles. The Bertz CT molecular complexity index is 190. The zero-order chi connectivity index (χ0) is 8.97. The molecule has 1 aliphatic heterocycles. The maximum absolute atomic E-state index is 10.6. The van der Waals surface area contributed by atoms with Crippen molar-refractivity contribution in [1.29, 1.82) is 0 Å². The molecule has 3 heteroatoms. The van der Waals surface area contributed by atoms with Crippen molar-refractivity contribution in [2.75, 3.05) is 6.61 Å². The van der Waals surface area contributed by atoms with Crippen molar-refractivity contribution in [3.63, 3.8) is 0 Å². The molecule has 1 saturated heterocycles. The molecule has 0 bridgehead atoms. The van der Waals surface area contributed by atoms with Crippen molar-refractivity contribution >= 4 is 5.97 Å². The molecule has 0 amide bonds. The molecule has 0 radical (unpaired) electrons. The number of hydrogen-bond acceptors (Lipinski definition) is 2. The molecule has 1 heterocycles. The number of hydrogen-bond donors (Lipinski definition) is 1. The maximum atomic E-state index is 10.6. The van der Waals surface area contributed by atoms with Gasteiger partial charge in [0.2, 0.25) is 0 Å². The highest BCUT2D eigenvalue weighted by Gasteiger charge is 2.15. The van der Waals surface area contributed by atoms with E-state index in [0.29, 0.717) is 12.0 Å². The number of rotatable bonds is 3. The van der Waals surface area contributed by atoms with Gasteiger partial charge in [0, 0.05) is 12.2 Å². The van der Waals surface area contributed by atoms with Crippen molar-refractivity contribution in [1.82, 2.24) is 0 Å². The lowest BCUT2D eigenvalue weighted by molar-refractivity contribution is -0.132. The predicted molar refractivity (Wildman–Crippen MR) is 45.0 cm³/mol. The molecule has 0 aromatic rings. The largest absolute Gasteiger partial charge is 0.478 e. The fourth-order valence-corrected chi connectivity index (χ4v) is 1.30. The molecule has 0 spiro atoms. The van der Waals surface area contributed by atoms with Gasteiger partial charge in [-0.15, -0.1) is 0 Å². The first kappa shape index (κ1) is 9.26. The van der Waals surface area contributed by atoms with Gasteiger partial charge in [-0.3, -0.25) is 0 Å². The third kappa shape index (κ3) is 2.34. The van der Waals surface area contributed by atoms with Crippen LogP contribution in [0.4, 0.5) is 0 Å². The Morgan fingerprint density at radius 3 is 2.92 bits per heavy atom. The van der Waals surface area contributed by atoms with Crippen LogP contribution >= 0.6 is 0 Å². The number of carboxylic acid groups (broad SMARTS) is 1. The van der Waals surface area contributed by atoms with Crippen LogP contribution < -0.4 is 0 Å². The van der Waals surface area contributed by atoms with E-state index in [2.05, 4.69) is 0 Å². The van der Waals surface area contributed by atoms with E-state index in [0.717, 1.165) is 19.4 Å². The van der Waals surface area contributed by atoms with E-state index < -0.39 is 5.97 Å². The molecule has 1 unspecified atom stereocenters. The normalized spacial score (nSPS) is 24.4. The second-order valence-corrected chi connectivity index (χ2v) is 2.90. The van der Waals surface area contributed by atoms with Gasteiger partial charge in [0.1, 0.15) is 0 Å². The lowest BCUT2D eigenvalue weighted by Crippen LogP contribution is -2.06. The van der Waals surface area contributed by atoms with Crippen molar-refractivity contribution in [2.24, 2.45) is 0 Å². The van der Waals surface area contributed by atoms with Crippen LogP contribution in [-0.4, -0.2) is 23.8 Å². The summed E-state index contributed by atoms with van der Waals surface area (Å²) in [5.74, 6) is -0.826. The van der Waals surface area contributed by atoms with E-state index in [4.69, 9.17) is 9.84 Å². The highest BCUT2D eigenvalue weighted by Crippen LogP contribution is 2.15. The quantitative estimate of drug-likeness (QED) is 0.654. The fraction of sp³-hybridized carbons (Fsp3) is 0.667. The standard InChI is InChI=1S/C9H14O3/c1-2-7(9(10)11)6-8-4-3-5-12-8/h6,8H,2-5H2,1H3,(H,10,11)/b7-6+. The van der Waals surface area contributed by atoms with Crippen molar-refractivity contribution in [2.45, 2.75) is 32.3 Å². The number of carbonyl (C=O) groups is 1. The van der Waals surface area contributed by atoms with Crippen LogP contribution in [0.25, 0.3) is 0 Å². The lowest BCUT2D eigenvalue weighted by atomic mass is 10.1. The highest BCUT2D eigenvalue weighted by atomic mass is 16.5. The Morgan fingerprint density at radius 1 is 1.75 bits per heavy atom. The van der Waals surface area contributed by atoms with Crippen LogP contribution in [0.15, 0.2) is 11.6 Å². The first-order valence-electron chi connectivity index (χ1n) is 4.29. The minimum atomic E-state index is -0.826. The third-order valence-corrected chi connectivity index (χ3v) is 2.01. The van der Waals surface area contributed by atoms with Gasteiger partial charge in [-0.2, -0.15) is 0 Å². The minimum absolute atomic E-state index is 0.0380. The Hall–Kier alpha value is -0.830. The Kier molecular flexibility index (Phi) is 3.29. The first-order valence-corrected chi connectivity index (χ1v) is 4.29. The summed E-state index contributed by atoms with van der Waals surface area (Å²) in [6.07, 6.45) is 4.33. The zero-order valence-corrected chi connectivity index (χ0v) is 7.25. The summed E-state index contributed by atoms with van der Waals surface area (Å²) >= 11 is 0. The number of ether oxygens (including phenoxy) is 1. The Balaban J connectivity index is 2.56. The second kappa shape index (κ2) is 4.26. The van der Waals surface area contributed by atoms with Crippen LogP contribution in [0, 0.1) is 0 Å². The number of aliphatic carboxylic acids is 1. The molecule has 1 N–H and O–H groups in total. The molecular formula is C9H14O3. The van der Waals surface area contributed by atoms with E-state index in [1.54, 1.807) is 6.08 Å². The third-order valence-electron chi connectivity index (χ3n) is 2.01. The van der Waals surface area contributed by atoms with Gasteiger partial charge in [-0.1, -0.05) is 6.92 Å². The fourth-order valence-electron chi connectivity index (χ4n) is 1.30. The van der Waals surface area contributed by atoms with E-state index in [-0.39, 0.29) is 6.10 Å². The molecule has 12 heavy (non-hydrogen) atoms. The minimum Gasteiger partial charge on any atom is -0.478 e. The summed E-state index contributed by atoms with van der Waals surface area (Å²) in [4.78, 5) is 10.6. The first-order chi connectivity index (χ1) is 5.74. The van der Waals surface area contributed by atoms with Crippen LogP contribution in [0.1, 0.15) is 26.2 Å². The van der Waals surface area contributed by atoms with Crippen molar-refractivity contribution in [3.8, 4) is 0 Å². The van der Waals surface area contributed by atoms with Crippen LogP contribution in [0.3, 0.4) is 0 Å². The molecule has 68 valence electrons. The summed E-state index contributed by atoms with van der Waals surface area (Å²) < 4.78 is 5.30. The van der Waals surface area contributed by atoms with Gasteiger partial charge >= 0.3 is 5.97 Å². The summed E-state index contributed by atoms with van der Waals surface area (Å²) in [5, 5.41) is 8.71.